The zero-order valence-electron chi connectivity index (χ0n) is 25.7. The van der Waals surface area contributed by atoms with Crippen molar-refractivity contribution in [1.29, 1.82) is 0 Å². The van der Waals surface area contributed by atoms with E-state index < -0.39 is 23.8 Å². The van der Waals surface area contributed by atoms with Crippen molar-refractivity contribution >= 4 is 74.9 Å². The van der Waals surface area contributed by atoms with E-state index in [1.807, 2.05) is 18.2 Å². The van der Waals surface area contributed by atoms with Crippen molar-refractivity contribution in [2.75, 3.05) is 42.9 Å². The lowest BCUT2D eigenvalue weighted by Gasteiger charge is -2.30. The predicted octanol–water partition coefficient (Wildman–Crippen LogP) is 8.11. The van der Waals surface area contributed by atoms with Gasteiger partial charge in [-0.15, -0.1) is 0 Å². The smallest absolute Gasteiger partial charge is 0.368 e. The average molecular weight is 725 g/mol. The van der Waals surface area contributed by atoms with Crippen molar-refractivity contribution in [3.8, 4) is 11.1 Å². The van der Waals surface area contributed by atoms with Crippen LogP contribution in [-0.2, 0) is 12.7 Å². The fourth-order valence-corrected chi connectivity index (χ4v) is 7.06. The largest absolute Gasteiger partial charge is 0.416 e. The number of halogens is 6. The Morgan fingerprint density at radius 2 is 1.69 bits per heavy atom. The van der Waals surface area contributed by atoms with E-state index in [4.69, 9.17) is 34.8 Å². The predicted molar refractivity (Wildman–Crippen MR) is 191 cm³/mol. The molecule has 14 heteroatoms. The van der Waals surface area contributed by atoms with Gasteiger partial charge in [0.1, 0.15) is 5.65 Å². The molecule has 8 nitrogen and oxygen atoms in total. The maximum atomic E-state index is 14.3. The summed E-state index contributed by atoms with van der Waals surface area (Å²) < 4.78 is 43.4. The molecule has 0 atom stereocenters. The standard InChI is InChI=1S/C35H27Cl3F3N7O/c36-27-16-24(5-6-30(27)47-11-9-42-10-12-47)45-34-44-18-23-13-25(31-28(37)14-22(15-29(31)38)20-7-8-43-17-20)33(49)48(32(23)46-34)19-21-3-1-2-4-26(21)35(39,40)41/h1-7,13-18,42H,8-12,19H2,(H,44,45,46). The number of hydrogen-bond donors (Lipinski definition) is 2. The van der Waals surface area contributed by atoms with Gasteiger partial charge < -0.3 is 15.5 Å². The first-order chi connectivity index (χ1) is 23.6. The van der Waals surface area contributed by atoms with Crippen LogP contribution in [0.15, 0.2) is 82.7 Å². The minimum Gasteiger partial charge on any atom is -0.368 e. The second-order valence-electron chi connectivity index (χ2n) is 11.6. The lowest BCUT2D eigenvalue weighted by molar-refractivity contribution is -0.138. The normalized spacial score (nSPS) is 14.8. The highest BCUT2D eigenvalue weighted by molar-refractivity contribution is 6.40. The Labute approximate surface area is 293 Å². The Kier molecular flexibility index (Phi) is 9.10. The maximum absolute atomic E-state index is 14.3. The van der Waals surface area contributed by atoms with E-state index in [9.17, 15) is 18.0 Å². The molecule has 3 aromatic carbocycles. The number of allylic oxidation sites excluding steroid dienone is 1. The van der Waals surface area contributed by atoms with E-state index in [1.54, 1.807) is 30.5 Å². The molecule has 2 aliphatic rings. The third kappa shape index (κ3) is 6.76. The summed E-state index contributed by atoms with van der Waals surface area (Å²) in [4.78, 5) is 29.8. The molecule has 0 saturated carbocycles. The molecule has 0 aliphatic carbocycles. The van der Waals surface area contributed by atoms with Gasteiger partial charge in [0.25, 0.3) is 5.56 Å². The third-order valence-electron chi connectivity index (χ3n) is 8.43. The van der Waals surface area contributed by atoms with Gasteiger partial charge in [0, 0.05) is 55.2 Å². The van der Waals surface area contributed by atoms with Crippen LogP contribution in [0.2, 0.25) is 15.1 Å². The molecule has 0 radical (unpaired) electrons. The van der Waals surface area contributed by atoms with E-state index >= 15 is 0 Å². The first-order valence-corrected chi connectivity index (χ1v) is 16.5. The molecule has 5 aromatic rings. The highest BCUT2D eigenvalue weighted by Gasteiger charge is 2.33. The van der Waals surface area contributed by atoms with Crippen molar-refractivity contribution in [3.05, 3.63) is 115 Å². The monoisotopic (exact) mass is 723 g/mol. The molecule has 1 saturated heterocycles. The van der Waals surface area contributed by atoms with Gasteiger partial charge in [0.15, 0.2) is 0 Å². The fraction of sp³-hybridized carbons (Fsp3) is 0.200. The quantitative estimate of drug-likeness (QED) is 0.177. The van der Waals surface area contributed by atoms with Gasteiger partial charge >= 0.3 is 6.18 Å². The highest BCUT2D eigenvalue weighted by atomic mass is 35.5. The Bertz CT molecular complexity index is 2190. The van der Waals surface area contributed by atoms with Crippen molar-refractivity contribution in [1.82, 2.24) is 19.9 Å². The number of rotatable bonds is 7. The molecule has 2 aromatic heterocycles. The van der Waals surface area contributed by atoms with Gasteiger partial charge in [0.05, 0.1) is 45.0 Å². The van der Waals surface area contributed by atoms with Crippen LogP contribution in [0.3, 0.4) is 0 Å². The maximum Gasteiger partial charge on any atom is 0.416 e. The summed E-state index contributed by atoms with van der Waals surface area (Å²) in [5.74, 6) is 0.121. The summed E-state index contributed by atoms with van der Waals surface area (Å²) in [5.41, 5.74) is 1.90. The van der Waals surface area contributed by atoms with Crippen LogP contribution in [0.1, 0.15) is 16.7 Å². The third-order valence-corrected chi connectivity index (χ3v) is 9.33. The van der Waals surface area contributed by atoms with Crippen molar-refractivity contribution < 1.29 is 13.2 Å². The van der Waals surface area contributed by atoms with Gasteiger partial charge in [-0.25, -0.2) is 4.98 Å². The van der Waals surface area contributed by atoms with Crippen LogP contribution in [0.25, 0.3) is 27.7 Å². The molecular weight excluding hydrogens is 698 g/mol. The number of hydrogen-bond acceptors (Lipinski definition) is 7. The summed E-state index contributed by atoms with van der Waals surface area (Å²) >= 11 is 20.1. The summed E-state index contributed by atoms with van der Waals surface area (Å²) in [5, 5.41) is 7.75. The van der Waals surface area contributed by atoms with Gasteiger partial charge in [-0.2, -0.15) is 18.2 Å². The summed E-state index contributed by atoms with van der Waals surface area (Å²) in [6.45, 7) is 3.46. The topological polar surface area (TPSA) is 87.4 Å². The lowest BCUT2D eigenvalue weighted by atomic mass is 10.0. The van der Waals surface area contributed by atoms with E-state index in [-0.39, 0.29) is 38.3 Å². The molecule has 1 fully saturated rings. The molecule has 2 N–H and O–H groups in total. The Morgan fingerprint density at radius 1 is 0.939 bits per heavy atom. The fourth-order valence-electron chi connectivity index (χ4n) is 6.07. The molecule has 49 heavy (non-hydrogen) atoms. The first kappa shape index (κ1) is 33.1. The minimum atomic E-state index is -4.65. The van der Waals surface area contributed by atoms with E-state index in [1.165, 1.54) is 29.0 Å². The van der Waals surface area contributed by atoms with E-state index in [0.717, 1.165) is 49.1 Å². The number of piperazine rings is 1. The minimum absolute atomic E-state index is 0.0900. The van der Waals surface area contributed by atoms with E-state index in [0.29, 0.717) is 22.6 Å². The summed E-state index contributed by atoms with van der Waals surface area (Å²) in [6.07, 6.45) is 0.472. The first-order valence-electron chi connectivity index (χ1n) is 15.3. The van der Waals surface area contributed by atoms with Crippen LogP contribution in [0.5, 0.6) is 0 Å². The van der Waals surface area contributed by atoms with Crippen molar-refractivity contribution in [3.63, 3.8) is 0 Å². The number of alkyl halides is 3. The molecular formula is C35H27Cl3F3N7O. The number of fused-ring (bicyclic) bond motifs is 1. The van der Waals surface area contributed by atoms with E-state index in [2.05, 4.69) is 30.5 Å². The molecule has 250 valence electrons. The molecule has 0 spiro atoms. The number of benzene rings is 3. The number of nitrogens with one attached hydrogen (secondary N) is 2. The Balaban J connectivity index is 1.33. The molecule has 2 aliphatic heterocycles. The summed E-state index contributed by atoms with van der Waals surface area (Å²) in [6, 6.07) is 15.5. The van der Waals surface area contributed by atoms with Crippen molar-refractivity contribution in [2.45, 2.75) is 12.7 Å². The van der Waals surface area contributed by atoms with Gasteiger partial charge in [-0.05, 0) is 59.2 Å². The Morgan fingerprint density at radius 3 is 2.39 bits per heavy atom. The molecule has 0 bridgehead atoms. The number of pyridine rings is 1. The van der Waals surface area contributed by atoms with Crippen LogP contribution in [0, 0.1) is 0 Å². The van der Waals surface area contributed by atoms with Crippen LogP contribution in [-0.4, -0.2) is 53.5 Å². The highest BCUT2D eigenvalue weighted by Crippen LogP contribution is 2.38. The Hall–Kier alpha value is -4.42. The second kappa shape index (κ2) is 13.5. The van der Waals surface area contributed by atoms with Gasteiger partial charge in [0.2, 0.25) is 5.95 Å². The molecule has 0 amide bonds. The van der Waals surface area contributed by atoms with Crippen LogP contribution < -0.4 is 21.1 Å². The van der Waals surface area contributed by atoms with Gasteiger partial charge in [-0.1, -0.05) is 59.1 Å². The average Bonchev–Trinajstić information content (AvgIpc) is 3.62. The number of anilines is 3. The summed E-state index contributed by atoms with van der Waals surface area (Å²) in [7, 11) is 0. The van der Waals surface area contributed by atoms with Crippen LogP contribution in [0.4, 0.5) is 30.5 Å². The van der Waals surface area contributed by atoms with Gasteiger partial charge in [-0.3, -0.25) is 14.4 Å². The number of aromatic nitrogens is 3. The zero-order valence-corrected chi connectivity index (χ0v) is 27.9. The molecule has 7 rings (SSSR count). The number of nitrogens with zero attached hydrogens (tertiary/aromatic N) is 5. The lowest BCUT2D eigenvalue weighted by Crippen LogP contribution is -2.43. The van der Waals surface area contributed by atoms with Crippen molar-refractivity contribution in [2.24, 2.45) is 4.99 Å². The van der Waals surface area contributed by atoms with Crippen LogP contribution >= 0.6 is 34.8 Å². The molecule has 4 heterocycles. The number of aliphatic imine (C=N–C) groups is 1. The SMILES string of the molecule is O=c1c(-c2c(Cl)cc(C3=CCN=C3)cc2Cl)cc2cnc(Nc3ccc(N4CCNCC4)c(Cl)c3)nc2n1Cc1ccccc1C(F)(F)F. The molecule has 0 unspecified atom stereocenters. The zero-order chi connectivity index (χ0) is 34.3. The second-order valence-corrected chi connectivity index (χ2v) is 12.8.